The average molecular weight is 449 g/mol. The largest absolute Gasteiger partial charge is 0.388 e. The van der Waals surface area contributed by atoms with Gasteiger partial charge in [-0.2, -0.15) is 0 Å². The van der Waals surface area contributed by atoms with Crippen molar-refractivity contribution in [3.63, 3.8) is 0 Å². The summed E-state index contributed by atoms with van der Waals surface area (Å²) in [6.07, 6.45) is -2.81. The van der Waals surface area contributed by atoms with Crippen molar-refractivity contribution in [3.8, 4) is 0 Å². The number of aryl methyl sites for hydroxylation is 1. The van der Waals surface area contributed by atoms with Crippen LogP contribution in [0.5, 0.6) is 0 Å². The van der Waals surface area contributed by atoms with E-state index in [2.05, 4.69) is 4.98 Å². The van der Waals surface area contributed by atoms with Crippen LogP contribution in [0.1, 0.15) is 64.3 Å². The molecule has 7 unspecified atom stereocenters. The van der Waals surface area contributed by atoms with Gasteiger partial charge in [0, 0.05) is 30.9 Å². The highest BCUT2D eigenvalue weighted by atomic mass is 31.2. The number of aromatic nitrogens is 1. The number of aliphatic hydroxyl groups excluding tert-OH is 1. The Morgan fingerprint density at radius 2 is 2.07 bits per heavy atom. The van der Waals surface area contributed by atoms with Crippen molar-refractivity contribution in [3.05, 3.63) is 33.5 Å². The Labute approximate surface area is 176 Å². The number of pyridine rings is 1. The summed E-state index contributed by atoms with van der Waals surface area (Å²) in [5, 5.41) is 10.8. The van der Waals surface area contributed by atoms with Gasteiger partial charge in [0.25, 0.3) is 5.56 Å². The lowest BCUT2D eigenvalue weighted by Gasteiger charge is -2.35. The normalized spacial score (nSPS) is 29.4. The lowest BCUT2D eigenvalue weighted by molar-refractivity contribution is -0.0478. The third kappa shape index (κ3) is 5.21. The van der Waals surface area contributed by atoms with Gasteiger partial charge in [0.15, 0.2) is 0 Å². The van der Waals surface area contributed by atoms with Gasteiger partial charge in [0.1, 0.15) is 24.1 Å². The molecule has 0 amide bonds. The maximum atomic E-state index is 14.5. The summed E-state index contributed by atoms with van der Waals surface area (Å²) < 4.78 is 44.2. The fourth-order valence-corrected chi connectivity index (χ4v) is 5.20. The van der Waals surface area contributed by atoms with E-state index in [1.807, 2.05) is 6.92 Å². The smallest absolute Gasteiger partial charge is 0.331 e. The maximum Gasteiger partial charge on any atom is 0.331 e. The summed E-state index contributed by atoms with van der Waals surface area (Å²) >= 11 is 0. The van der Waals surface area contributed by atoms with Crippen LogP contribution < -0.4 is 5.56 Å². The summed E-state index contributed by atoms with van der Waals surface area (Å²) in [6.45, 7) is 8.50. The number of aromatic amines is 1. The van der Waals surface area contributed by atoms with Gasteiger partial charge >= 0.3 is 7.60 Å². The molecule has 2 heterocycles. The zero-order chi connectivity index (χ0) is 22.9. The van der Waals surface area contributed by atoms with Crippen molar-refractivity contribution < 1.29 is 33.0 Å². The van der Waals surface area contributed by atoms with Crippen molar-refractivity contribution in [1.82, 2.24) is 4.98 Å². The molecule has 1 fully saturated rings. The molecule has 30 heavy (non-hydrogen) atoms. The number of hydrogen-bond acceptors (Lipinski definition) is 6. The summed E-state index contributed by atoms with van der Waals surface area (Å²) in [6, 6.07) is 0.825. The zero-order valence-electron chi connectivity index (χ0n) is 18.3. The lowest BCUT2D eigenvalue weighted by atomic mass is 9.92. The van der Waals surface area contributed by atoms with Crippen molar-refractivity contribution in [1.29, 1.82) is 0 Å². The fraction of sp³-hybridized carbons (Fsp3) is 0.750. The maximum absolute atomic E-state index is 14.5. The number of aliphatic hydroxyl groups is 1. The van der Waals surface area contributed by atoms with Gasteiger partial charge in [-0.15, -0.1) is 0 Å². The Morgan fingerprint density at radius 3 is 2.57 bits per heavy atom. The molecule has 0 radical (unpaired) electrons. The minimum atomic E-state index is -3.88. The highest BCUT2D eigenvalue weighted by Gasteiger charge is 2.49. The number of nitrogens with one attached hydrogen (secondary N) is 1. The van der Waals surface area contributed by atoms with Crippen molar-refractivity contribution in [2.45, 2.75) is 89.6 Å². The Hall–Kier alpha value is -1.09. The number of ether oxygens (including phenoxy) is 2. The molecule has 3 N–H and O–H groups in total. The van der Waals surface area contributed by atoms with Gasteiger partial charge in [0.2, 0.25) is 0 Å². The van der Waals surface area contributed by atoms with E-state index in [-0.39, 0.29) is 17.7 Å². The first-order chi connectivity index (χ1) is 13.9. The molecule has 7 atom stereocenters. The van der Waals surface area contributed by atoms with Crippen molar-refractivity contribution in [2.24, 2.45) is 0 Å². The Kier molecular flexibility index (Phi) is 8.05. The van der Waals surface area contributed by atoms with E-state index in [1.165, 1.54) is 7.11 Å². The molecular weight excluding hydrogens is 416 g/mol. The van der Waals surface area contributed by atoms with Gasteiger partial charge in [-0.3, -0.25) is 9.36 Å². The standard InChI is InChI=1S/C20H33FNO7P/c1-7-11(3)30(25,26)29-20(5,8-2)10-14-17(24)19(27-6)18(28-14)16-12(4)22-15(23)9-13(16)21/h9,11,14,17-19,24H,7-8,10H2,1-6H3,(H,22,23)(H,25,26). The molecule has 0 aromatic carbocycles. The molecular formula is C20H33FNO7P. The van der Waals surface area contributed by atoms with Crippen molar-refractivity contribution in [2.75, 3.05) is 7.11 Å². The molecule has 1 aliphatic heterocycles. The van der Waals surface area contributed by atoms with Crippen LogP contribution in [0.15, 0.2) is 10.9 Å². The molecule has 8 nitrogen and oxygen atoms in total. The van der Waals surface area contributed by atoms with Gasteiger partial charge in [-0.1, -0.05) is 20.8 Å². The highest BCUT2D eigenvalue weighted by molar-refractivity contribution is 7.53. The summed E-state index contributed by atoms with van der Waals surface area (Å²) in [4.78, 5) is 24.4. The zero-order valence-corrected chi connectivity index (χ0v) is 19.2. The molecule has 0 aliphatic carbocycles. The summed E-state index contributed by atoms with van der Waals surface area (Å²) in [7, 11) is -2.50. The average Bonchev–Trinajstić information content (AvgIpc) is 2.94. The molecule has 1 saturated heterocycles. The van der Waals surface area contributed by atoms with E-state index in [1.54, 1.807) is 27.7 Å². The van der Waals surface area contributed by atoms with Gasteiger partial charge in [0.05, 0.1) is 17.4 Å². The number of methoxy groups -OCH3 is 1. The van der Waals surface area contributed by atoms with Crippen LogP contribution >= 0.6 is 7.60 Å². The lowest BCUT2D eigenvalue weighted by Crippen LogP contribution is -2.39. The number of hydrogen-bond donors (Lipinski definition) is 3. The Morgan fingerprint density at radius 1 is 1.43 bits per heavy atom. The minimum absolute atomic E-state index is 0.103. The van der Waals surface area contributed by atoms with Crippen molar-refractivity contribution >= 4 is 7.60 Å². The molecule has 1 aromatic rings. The summed E-state index contributed by atoms with van der Waals surface area (Å²) in [5.74, 6) is -0.748. The van der Waals surface area contributed by atoms with Crippen LogP contribution in [0.3, 0.4) is 0 Å². The number of H-pyrrole nitrogens is 1. The third-order valence-corrected chi connectivity index (χ3v) is 8.19. The molecule has 0 saturated carbocycles. The minimum Gasteiger partial charge on any atom is -0.388 e. The highest BCUT2D eigenvalue weighted by Crippen LogP contribution is 2.54. The van der Waals surface area contributed by atoms with Crippen LogP contribution in [0, 0.1) is 12.7 Å². The topological polar surface area (TPSA) is 118 Å². The summed E-state index contributed by atoms with van der Waals surface area (Å²) in [5.41, 5.74) is -1.77. The number of rotatable bonds is 9. The van der Waals surface area contributed by atoms with E-state index in [9.17, 15) is 23.7 Å². The monoisotopic (exact) mass is 449 g/mol. The molecule has 10 heteroatoms. The first-order valence-corrected chi connectivity index (χ1v) is 11.8. The van der Waals surface area contributed by atoms with Crippen LogP contribution in [0.2, 0.25) is 0 Å². The Bertz CT molecular complexity index is 821. The van der Waals surface area contributed by atoms with Gasteiger partial charge in [-0.25, -0.2) is 4.39 Å². The van der Waals surface area contributed by atoms with E-state index < -0.39 is 54.6 Å². The molecule has 2 rings (SSSR count). The third-order valence-electron chi connectivity index (χ3n) is 6.00. The molecule has 0 bridgehead atoms. The molecule has 1 aromatic heterocycles. The van der Waals surface area contributed by atoms with Crippen LogP contribution in [0.25, 0.3) is 0 Å². The first-order valence-electron chi connectivity index (χ1n) is 10.2. The van der Waals surface area contributed by atoms with Gasteiger partial charge in [-0.05, 0) is 26.7 Å². The Balaban J connectivity index is 2.31. The predicted molar refractivity (Wildman–Crippen MR) is 110 cm³/mol. The van der Waals surface area contributed by atoms with Gasteiger partial charge < -0.3 is 29.0 Å². The number of halogens is 1. The first kappa shape index (κ1) is 25.2. The van der Waals surface area contributed by atoms with E-state index in [0.29, 0.717) is 12.8 Å². The second kappa shape index (κ2) is 9.59. The van der Waals surface area contributed by atoms with Crippen LogP contribution in [-0.2, 0) is 18.6 Å². The molecule has 1 aliphatic rings. The second-order valence-electron chi connectivity index (χ2n) is 8.23. The SMILES string of the molecule is CCC(C)P(=O)(O)OC(C)(CC)CC1OC(c2c(F)cc(=O)[nH]c2C)C(OC)C1O. The van der Waals surface area contributed by atoms with Crippen LogP contribution in [0.4, 0.5) is 4.39 Å². The second-order valence-corrected chi connectivity index (χ2v) is 10.4. The molecule has 0 spiro atoms. The fourth-order valence-electron chi connectivity index (χ4n) is 3.72. The van der Waals surface area contributed by atoms with E-state index in [0.717, 1.165) is 6.07 Å². The predicted octanol–water partition coefficient (Wildman–Crippen LogP) is 3.20. The van der Waals surface area contributed by atoms with E-state index >= 15 is 0 Å². The van der Waals surface area contributed by atoms with Crippen LogP contribution in [-0.4, -0.2) is 51.7 Å². The van der Waals surface area contributed by atoms with E-state index in [4.69, 9.17) is 14.0 Å². The quantitative estimate of drug-likeness (QED) is 0.496. The molecule has 172 valence electrons.